The predicted octanol–water partition coefficient (Wildman–Crippen LogP) is 4.93. The molecule has 2 aromatic carbocycles. The van der Waals surface area contributed by atoms with Crippen molar-refractivity contribution in [2.24, 2.45) is 0 Å². The molecule has 5 heteroatoms. The maximum Gasteiger partial charge on any atom is 0.0784 e. The van der Waals surface area contributed by atoms with E-state index in [2.05, 4.69) is 71.3 Å². The molecule has 0 spiro atoms. The third-order valence-electron chi connectivity index (χ3n) is 5.26. The van der Waals surface area contributed by atoms with E-state index in [1.54, 1.807) is 0 Å². The molecule has 1 N–H and O–H groups in total. The van der Waals surface area contributed by atoms with Crippen molar-refractivity contribution in [3.8, 4) is 0 Å². The molecule has 2 heterocycles. The average molecular weight is 407 g/mol. The summed E-state index contributed by atoms with van der Waals surface area (Å²) in [6.07, 6.45) is 3.05. The third kappa shape index (κ3) is 4.45. The van der Waals surface area contributed by atoms with E-state index in [-0.39, 0.29) is 0 Å². The van der Waals surface area contributed by atoms with Crippen LogP contribution in [0.3, 0.4) is 0 Å². The monoisotopic (exact) mass is 406 g/mol. The van der Waals surface area contributed by atoms with Gasteiger partial charge in [-0.2, -0.15) is 0 Å². The van der Waals surface area contributed by atoms with E-state index in [1.807, 2.05) is 18.3 Å². The Kier molecular flexibility index (Phi) is 6.14. The summed E-state index contributed by atoms with van der Waals surface area (Å²) in [7, 11) is 4.22. The highest BCUT2D eigenvalue weighted by atomic mass is 35.5. The number of aromatic nitrogens is 2. The summed E-state index contributed by atoms with van der Waals surface area (Å²) in [5.41, 5.74) is 4.77. The van der Waals surface area contributed by atoms with Crippen molar-refractivity contribution in [3.63, 3.8) is 0 Å². The van der Waals surface area contributed by atoms with Crippen molar-refractivity contribution < 1.29 is 0 Å². The van der Waals surface area contributed by atoms with Gasteiger partial charge in [-0.05, 0) is 63.4 Å². The van der Waals surface area contributed by atoms with Gasteiger partial charge in [0.1, 0.15) is 0 Å². The summed E-state index contributed by atoms with van der Waals surface area (Å²) in [6.45, 7) is 3.62. The fourth-order valence-electron chi connectivity index (χ4n) is 3.87. The smallest absolute Gasteiger partial charge is 0.0784 e. The standard InChI is InChI=1S/C24H27ClN4/c1-28(2)15-5-13-26-16-22-24-21(12-14-27-22)20-6-3-4-7-23(20)29(24)17-18-8-10-19(25)11-9-18/h3-4,6-12,14,26H,5,13,15-17H2,1-2H3. The second-order valence-electron chi connectivity index (χ2n) is 7.72. The van der Waals surface area contributed by atoms with Crippen LogP contribution in [0.1, 0.15) is 17.7 Å². The number of rotatable bonds is 8. The van der Waals surface area contributed by atoms with Gasteiger partial charge in [-0.15, -0.1) is 0 Å². The molecule has 4 aromatic rings. The van der Waals surface area contributed by atoms with Gasteiger partial charge in [0.25, 0.3) is 0 Å². The molecular formula is C24H27ClN4. The zero-order chi connectivity index (χ0) is 20.2. The van der Waals surface area contributed by atoms with E-state index in [9.17, 15) is 0 Å². The molecule has 0 atom stereocenters. The van der Waals surface area contributed by atoms with Gasteiger partial charge < -0.3 is 14.8 Å². The lowest BCUT2D eigenvalue weighted by Crippen LogP contribution is -2.21. The van der Waals surface area contributed by atoms with Crippen LogP contribution in [-0.2, 0) is 13.1 Å². The Morgan fingerprint density at radius 3 is 2.59 bits per heavy atom. The van der Waals surface area contributed by atoms with E-state index in [4.69, 9.17) is 16.6 Å². The quantitative estimate of drug-likeness (QED) is 0.421. The Bertz CT molecular complexity index is 1100. The molecule has 2 aromatic heterocycles. The van der Waals surface area contributed by atoms with Gasteiger partial charge in [-0.25, -0.2) is 0 Å². The van der Waals surface area contributed by atoms with Crippen molar-refractivity contribution in [2.75, 3.05) is 27.2 Å². The van der Waals surface area contributed by atoms with E-state index < -0.39 is 0 Å². The van der Waals surface area contributed by atoms with Crippen molar-refractivity contribution in [3.05, 3.63) is 77.1 Å². The Morgan fingerprint density at radius 1 is 1.00 bits per heavy atom. The molecular weight excluding hydrogens is 380 g/mol. The molecule has 0 radical (unpaired) electrons. The number of para-hydroxylation sites is 1. The van der Waals surface area contributed by atoms with Crippen molar-refractivity contribution in [1.29, 1.82) is 0 Å². The number of hydrogen-bond acceptors (Lipinski definition) is 3. The van der Waals surface area contributed by atoms with Crippen LogP contribution in [0.5, 0.6) is 0 Å². The molecule has 0 unspecified atom stereocenters. The van der Waals surface area contributed by atoms with Crippen LogP contribution in [0, 0.1) is 0 Å². The average Bonchev–Trinajstić information content (AvgIpc) is 3.04. The number of hydrogen-bond donors (Lipinski definition) is 1. The molecule has 0 amide bonds. The van der Waals surface area contributed by atoms with Gasteiger partial charge in [0.05, 0.1) is 11.2 Å². The lowest BCUT2D eigenvalue weighted by Gasteiger charge is -2.12. The van der Waals surface area contributed by atoms with E-state index in [0.717, 1.165) is 43.3 Å². The van der Waals surface area contributed by atoms with Gasteiger partial charge in [0.2, 0.25) is 0 Å². The summed E-state index contributed by atoms with van der Waals surface area (Å²) in [5, 5.41) is 6.87. The molecule has 0 bridgehead atoms. The van der Waals surface area contributed by atoms with Crippen molar-refractivity contribution in [1.82, 2.24) is 19.8 Å². The van der Waals surface area contributed by atoms with Crippen molar-refractivity contribution in [2.45, 2.75) is 19.5 Å². The molecule has 0 aliphatic heterocycles. The minimum atomic E-state index is 0.764. The number of nitrogens with one attached hydrogen (secondary N) is 1. The molecule has 0 fully saturated rings. The third-order valence-corrected chi connectivity index (χ3v) is 5.51. The van der Waals surface area contributed by atoms with Crippen LogP contribution in [0.25, 0.3) is 21.8 Å². The van der Waals surface area contributed by atoms with E-state index in [0.29, 0.717) is 0 Å². The summed E-state index contributed by atoms with van der Waals surface area (Å²) < 4.78 is 2.39. The Balaban J connectivity index is 1.70. The molecule has 4 rings (SSSR count). The Morgan fingerprint density at radius 2 is 1.79 bits per heavy atom. The maximum atomic E-state index is 6.08. The summed E-state index contributed by atoms with van der Waals surface area (Å²) in [6, 6.07) is 18.8. The van der Waals surface area contributed by atoms with Gasteiger partial charge in [0, 0.05) is 40.6 Å². The first-order valence-corrected chi connectivity index (χ1v) is 10.5. The van der Waals surface area contributed by atoms with Crippen LogP contribution in [0.15, 0.2) is 60.8 Å². The molecule has 0 saturated carbocycles. The van der Waals surface area contributed by atoms with Gasteiger partial charge >= 0.3 is 0 Å². The second kappa shape index (κ2) is 8.95. The molecule has 4 nitrogen and oxygen atoms in total. The van der Waals surface area contributed by atoms with Crippen LogP contribution in [0.2, 0.25) is 5.02 Å². The minimum Gasteiger partial charge on any atom is -0.334 e. The predicted molar refractivity (Wildman–Crippen MR) is 123 cm³/mol. The Hall–Kier alpha value is -2.40. The first-order chi connectivity index (χ1) is 14.1. The highest BCUT2D eigenvalue weighted by Crippen LogP contribution is 2.31. The second-order valence-corrected chi connectivity index (χ2v) is 8.15. The number of halogens is 1. The zero-order valence-corrected chi connectivity index (χ0v) is 17.8. The topological polar surface area (TPSA) is 33.1 Å². The highest BCUT2D eigenvalue weighted by molar-refractivity contribution is 6.30. The van der Waals surface area contributed by atoms with Gasteiger partial charge in [-0.3, -0.25) is 4.98 Å². The van der Waals surface area contributed by atoms with Gasteiger partial charge in [-0.1, -0.05) is 41.9 Å². The van der Waals surface area contributed by atoms with Crippen LogP contribution >= 0.6 is 11.6 Å². The molecule has 0 saturated heterocycles. The fourth-order valence-corrected chi connectivity index (χ4v) is 3.99. The van der Waals surface area contributed by atoms with Crippen LogP contribution in [0.4, 0.5) is 0 Å². The lowest BCUT2D eigenvalue weighted by atomic mass is 10.1. The first kappa shape index (κ1) is 19.9. The summed E-state index contributed by atoms with van der Waals surface area (Å²) in [5.74, 6) is 0. The van der Waals surface area contributed by atoms with Crippen molar-refractivity contribution >= 4 is 33.4 Å². The maximum absolute atomic E-state index is 6.08. The molecule has 29 heavy (non-hydrogen) atoms. The zero-order valence-electron chi connectivity index (χ0n) is 17.0. The minimum absolute atomic E-state index is 0.764. The van der Waals surface area contributed by atoms with E-state index in [1.165, 1.54) is 27.4 Å². The largest absolute Gasteiger partial charge is 0.334 e. The Labute approximate surface area is 177 Å². The fraction of sp³-hybridized carbons (Fsp3) is 0.292. The lowest BCUT2D eigenvalue weighted by molar-refractivity contribution is 0.394. The number of fused-ring (bicyclic) bond motifs is 3. The van der Waals surface area contributed by atoms with Gasteiger partial charge in [0.15, 0.2) is 0 Å². The summed E-state index contributed by atoms with van der Waals surface area (Å²) >= 11 is 6.08. The highest BCUT2D eigenvalue weighted by Gasteiger charge is 2.14. The number of nitrogens with zero attached hydrogens (tertiary/aromatic N) is 3. The summed E-state index contributed by atoms with van der Waals surface area (Å²) in [4.78, 5) is 6.95. The van der Waals surface area contributed by atoms with Crippen LogP contribution in [-0.4, -0.2) is 41.6 Å². The first-order valence-electron chi connectivity index (χ1n) is 10.1. The van der Waals surface area contributed by atoms with E-state index >= 15 is 0 Å². The number of pyridine rings is 1. The van der Waals surface area contributed by atoms with Crippen LogP contribution < -0.4 is 5.32 Å². The molecule has 150 valence electrons. The normalized spacial score (nSPS) is 11.7. The molecule has 0 aliphatic rings. The number of benzene rings is 2. The SMILES string of the molecule is CN(C)CCCNCc1nccc2c3ccccc3n(Cc3ccc(Cl)cc3)c12. The molecule has 0 aliphatic carbocycles.